The van der Waals surface area contributed by atoms with Crippen LogP contribution in [0.25, 0.3) is 0 Å². The third-order valence-corrected chi connectivity index (χ3v) is 2.85. The van der Waals surface area contributed by atoms with E-state index in [4.69, 9.17) is 9.47 Å². The van der Waals surface area contributed by atoms with Crippen LogP contribution in [-0.4, -0.2) is 17.8 Å². The van der Waals surface area contributed by atoms with Gasteiger partial charge in [-0.2, -0.15) is 0 Å². The third-order valence-electron chi connectivity index (χ3n) is 2.85. The fourth-order valence-corrected chi connectivity index (χ4v) is 1.79. The summed E-state index contributed by atoms with van der Waals surface area (Å²) in [5.74, 6) is 0.579. The molecule has 0 aliphatic rings. The van der Waals surface area contributed by atoms with Gasteiger partial charge in [0, 0.05) is 11.6 Å². The molecule has 0 spiro atoms. The van der Waals surface area contributed by atoms with Crippen LogP contribution < -0.4 is 9.47 Å². The van der Waals surface area contributed by atoms with Crippen molar-refractivity contribution < 1.29 is 19.2 Å². The largest absolute Gasteiger partial charge is 0.493 e. The molecule has 0 heterocycles. The number of nitrogens with zero attached hydrogens (tertiary/aromatic N) is 1. The van der Waals surface area contributed by atoms with Crippen molar-refractivity contribution in [2.75, 3.05) is 7.11 Å². The highest BCUT2D eigenvalue weighted by Gasteiger charge is 2.18. The zero-order chi connectivity index (χ0) is 15.4. The summed E-state index contributed by atoms with van der Waals surface area (Å²) in [7, 11) is 1.47. The number of hydrogen-bond donors (Lipinski definition) is 0. The number of nitro groups is 1. The minimum Gasteiger partial charge on any atom is -0.493 e. The van der Waals surface area contributed by atoms with E-state index in [1.54, 1.807) is 24.3 Å². The van der Waals surface area contributed by atoms with Crippen molar-refractivity contribution in [3.8, 4) is 17.2 Å². The van der Waals surface area contributed by atoms with Gasteiger partial charge in [-0.3, -0.25) is 14.9 Å². The van der Waals surface area contributed by atoms with Gasteiger partial charge in [0.1, 0.15) is 0 Å². The lowest BCUT2D eigenvalue weighted by Crippen LogP contribution is -1.98. The summed E-state index contributed by atoms with van der Waals surface area (Å²) in [6.07, 6.45) is 0. The monoisotopic (exact) mass is 287 g/mol. The van der Waals surface area contributed by atoms with E-state index >= 15 is 0 Å². The minimum absolute atomic E-state index is 0.00259. The number of ether oxygens (including phenoxy) is 2. The molecule has 0 bridgehead atoms. The molecule has 0 unspecified atom stereocenters. The average Bonchev–Trinajstić information content (AvgIpc) is 2.47. The molecule has 0 aliphatic carbocycles. The second kappa shape index (κ2) is 6.04. The van der Waals surface area contributed by atoms with Crippen molar-refractivity contribution in [1.82, 2.24) is 0 Å². The Kier molecular flexibility index (Phi) is 4.18. The summed E-state index contributed by atoms with van der Waals surface area (Å²) in [6, 6.07) is 10.8. The molecule has 0 saturated heterocycles. The van der Waals surface area contributed by atoms with Crippen LogP contribution in [0.4, 0.5) is 5.69 Å². The Labute approximate surface area is 121 Å². The number of ketones is 1. The lowest BCUT2D eigenvalue weighted by atomic mass is 10.1. The van der Waals surface area contributed by atoms with Crippen molar-refractivity contribution in [3.63, 3.8) is 0 Å². The maximum absolute atomic E-state index is 11.4. The van der Waals surface area contributed by atoms with E-state index in [0.717, 1.165) is 0 Å². The van der Waals surface area contributed by atoms with Crippen LogP contribution in [0.2, 0.25) is 0 Å². The van der Waals surface area contributed by atoms with Gasteiger partial charge in [-0.1, -0.05) is 12.1 Å². The average molecular weight is 287 g/mol. The van der Waals surface area contributed by atoms with E-state index in [2.05, 4.69) is 0 Å². The fourth-order valence-electron chi connectivity index (χ4n) is 1.79. The first kappa shape index (κ1) is 14.5. The Hall–Kier alpha value is -2.89. The fraction of sp³-hybridized carbons (Fsp3) is 0.133. The molecule has 2 rings (SSSR count). The van der Waals surface area contributed by atoms with Crippen LogP contribution in [0.1, 0.15) is 17.3 Å². The molecule has 6 heteroatoms. The number of methoxy groups -OCH3 is 1. The number of Topliss-reactive ketones (excluding diaryl/α,β-unsaturated/α-hetero) is 1. The zero-order valence-corrected chi connectivity index (χ0v) is 11.5. The quantitative estimate of drug-likeness (QED) is 0.477. The smallest absolute Gasteiger partial charge is 0.311 e. The molecule has 0 aromatic heterocycles. The molecule has 0 atom stereocenters. The maximum atomic E-state index is 11.4. The summed E-state index contributed by atoms with van der Waals surface area (Å²) in [4.78, 5) is 21.9. The summed E-state index contributed by atoms with van der Waals surface area (Å²) in [5, 5.41) is 11.1. The van der Waals surface area contributed by atoms with Crippen LogP contribution in [0.5, 0.6) is 17.2 Å². The van der Waals surface area contributed by atoms with Gasteiger partial charge >= 0.3 is 5.69 Å². The van der Waals surface area contributed by atoms with Crippen LogP contribution in [-0.2, 0) is 0 Å². The first-order valence-electron chi connectivity index (χ1n) is 6.13. The number of nitro benzene ring substituents is 1. The second-order valence-corrected chi connectivity index (χ2v) is 4.25. The van der Waals surface area contributed by atoms with Gasteiger partial charge in [-0.25, -0.2) is 0 Å². The van der Waals surface area contributed by atoms with E-state index in [1.807, 2.05) is 0 Å². The van der Waals surface area contributed by atoms with Gasteiger partial charge in [0.05, 0.1) is 12.0 Å². The van der Waals surface area contributed by atoms with Crippen LogP contribution >= 0.6 is 0 Å². The topological polar surface area (TPSA) is 78.7 Å². The molecule has 108 valence electrons. The Balaban J connectivity index is 2.48. The van der Waals surface area contributed by atoms with Gasteiger partial charge < -0.3 is 9.47 Å². The standard InChI is InChI=1S/C15H13NO5/c1-10(17)11-7-8-12(16(18)19)15(9-11)21-14-6-4-3-5-13(14)20-2/h3-9H,1-2H3. The van der Waals surface area contributed by atoms with Gasteiger partial charge in [0.2, 0.25) is 5.75 Å². The van der Waals surface area contributed by atoms with Gasteiger partial charge in [-0.05, 0) is 31.2 Å². The zero-order valence-electron chi connectivity index (χ0n) is 11.5. The summed E-state index contributed by atoms with van der Waals surface area (Å²) >= 11 is 0. The van der Waals surface area contributed by atoms with Crippen molar-refractivity contribution in [1.29, 1.82) is 0 Å². The van der Waals surface area contributed by atoms with Gasteiger partial charge in [0.15, 0.2) is 17.3 Å². The highest BCUT2D eigenvalue weighted by molar-refractivity contribution is 5.94. The summed E-state index contributed by atoms with van der Waals surface area (Å²) < 4.78 is 10.7. The number of rotatable bonds is 5. The Bertz CT molecular complexity index is 696. The lowest BCUT2D eigenvalue weighted by molar-refractivity contribution is -0.385. The molecule has 0 amide bonds. The highest BCUT2D eigenvalue weighted by Crippen LogP contribution is 2.36. The molecule has 21 heavy (non-hydrogen) atoms. The van der Waals surface area contributed by atoms with Crippen molar-refractivity contribution >= 4 is 11.5 Å². The minimum atomic E-state index is -0.561. The molecular weight excluding hydrogens is 274 g/mol. The van der Waals surface area contributed by atoms with Crippen molar-refractivity contribution in [3.05, 3.63) is 58.1 Å². The Morgan fingerprint density at radius 2 is 1.76 bits per heavy atom. The number of hydrogen-bond acceptors (Lipinski definition) is 5. The predicted octanol–water partition coefficient (Wildman–Crippen LogP) is 3.60. The second-order valence-electron chi connectivity index (χ2n) is 4.25. The first-order chi connectivity index (χ1) is 10.0. The normalized spacial score (nSPS) is 10.0. The maximum Gasteiger partial charge on any atom is 0.311 e. The summed E-state index contributed by atoms with van der Waals surface area (Å²) in [6.45, 7) is 1.38. The van der Waals surface area contributed by atoms with Crippen LogP contribution in [0.3, 0.4) is 0 Å². The van der Waals surface area contributed by atoms with Crippen LogP contribution in [0, 0.1) is 10.1 Å². The first-order valence-corrected chi connectivity index (χ1v) is 6.13. The Morgan fingerprint density at radius 1 is 1.10 bits per heavy atom. The molecule has 0 fully saturated rings. The van der Waals surface area contributed by atoms with Crippen LogP contribution in [0.15, 0.2) is 42.5 Å². The van der Waals surface area contributed by atoms with E-state index < -0.39 is 4.92 Å². The van der Waals surface area contributed by atoms with Gasteiger partial charge in [0.25, 0.3) is 0 Å². The highest BCUT2D eigenvalue weighted by atomic mass is 16.6. The van der Waals surface area contributed by atoms with Gasteiger partial charge in [-0.15, -0.1) is 0 Å². The molecule has 0 aliphatic heterocycles. The molecule has 2 aromatic carbocycles. The predicted molar refractivity (Wildman–Crippen MR) is 76.2 cm³/mol. The van der Waals surface area contributed by atoms with E-state index in [9.17, 15) is 14.9 Å². The lowest BCUT2D eigenvalue weighted by Gasteiger charge is -2.10. The summed E-state index contributed by atoms with van der Waals surface area (Å²) in [5.41, 5.74) is 0.122. The molecular formula is C15H13NO5. The van der Waals surface area contributed by atoms with Crippen molar-refractivity contribution in [2.45, 2.75) is 6.92 Å². The number of para-hydroxylation sites is 2. The van der Waals surface area contributed by atoms with Crippen molar-refractivity contribution in [2.24, 2.45) is 0 Å². The molecule has 0 radical (unpaired) electrons. The molecule has 0 saturated carbocycles. The van der Waals surface area contributed by atoms with E-state index in [0.29, 0.717) is 17.1 Å². The van der Waals surface area contributed by atoms with E-state index in [1.165, 1.54) is 32.2 Å². The SMILES string of the molecule is COc1ccccc1Oc1cc(C(C)=O)ccc1[N+](=O)[O-]. The third kappa shape index (κ3) is 3.17. The number of carbonyl (C=O) groups is 1. The molecule has 0 N–H and O–H groups in total. The molecule has 2 aromatic rings. The molecule has 6 nitrogen and oxygen atoms in total. The number of benzene rings is 2. The number of carbonyl (C=O) groups excluding carboxylic acids is 1. The van der Waals surface area contributed by atoms with E-state index in [-0.39, 0.29) is 17.2 Å². The Morgan fingerprint density at radius 3 is 2.33 bits per heavy atom.